The highest BCUT2D eigenvalue weighted by Gasteiger charge is 2.19. The zero-order valence-corrected chi connectivity index (χ0v) is 10.5. The largest absolute Gasteiger partial charge is 0.349 e. The van der Waals surface area contributed by atoms with Gasteiger partial charge in [-0.25, -0.2) is 4.98 Å². The highest BCUT2D eigenvalue weighted by atomic mass is 16.6. The summed E-state index contributed by atoms with van der Waals surface area (Å²) in [6.45, 7) is 1.98. The molecule has 0 bridgehead atoms. The van der Waals surface area contributed by atoms with Crippen molar-refractivity contribution in [2.45, 2.75) is 6.92 Å². The van der Waals surface area contributed by atoms with Crippen molar-refractivity contribution in [1.29, 1.82) is 0 Å². The van der Waals surface area contributed by atoms with Gasteiger partial charge in [0.25, 0.3) is 0 Å². The lowest BCUT2D eigenvalue weighted by Gasteiger charge is -2.06. The number of nitro groups is 1. The van der Waals surface area contributed by atoms with Crippen molar-refractivity contribution in [2.75, 3.05) is 5.32 Å². The number of nitrogens with zero attached hydrogens (tertiary/aromatic N) is 3. The van der Waals surface area contributed by atoms with Crippen LogP contribution in [0.4, 0.5) is 17.2 Å². The van der Waals surface area contributed by atoms with Gasteiger partial charge in [0.2, 0.25) is 5.58 Å². The molecule has 0 unspecified atom stereocenters. The van der Waals surface area contributed by atoms with Crippen molar-refractivity contribution >= 4 is 28.2 Å². The maximum Gasteiger partial charge on any atom is 0.333 e. The zero-order chi connectivity index (χ0) is 14.1. The van der Waals surface area contributed by atoms with E-state index in [4.69, 9.17) is 4.52 Å². The molecule has 1 aromatic carbocycles. The quantitative estimate of drug-likeness (QED) is 0.580. The lowest BCUT2D eigenvalue weighted by molar-refractivity contribution is -0.384. The molecule has 0 aliphatic rings. The van der Waals surface area contributed by atoms with Gasteiger partial charge >= 0.3 is 5.69 Å². The number of fused-ring (bicyclic) bond motifs is 1. The van der Waals surface area contributed by atoms with Crippen molar-refractivity contribution in [1.82, 2.24) is 10.1 Å². The Morgan fingerprint density at radius 1 is 1.35 bits per heavy atom. The van der Waals surface area contributed by atoms with Crippen LogP contribution in [-0.4, -0.2) is 15.1 Å². The third-order valence-electron chi connectivity index (χ3n) is 2.85. The minimum Gasteiger partial charge on any atom is -0.349 e. The average Bonchev–Trinajstić information content (AvgIpc) is 2.88. The minimum absolute atomic E-state index is 0.111. The van der Waals surface area contributed by atoms with Gasteiger partial charge in [0, 0.05) is 5.69 Å². The molecule has 0 aliphatic carbocycles. The smallest absolute Gasteiger partial charge is 0.333 e. The number of benzene rings is 1. The SMILES string of the molecule is Cc1cccc(Nc2ncc([N+](=O)[O-])c3oncc23)c1. The summed E-state index contributed by atoms with van der Waals surface area (Å²) >= 11 is 0. The number of pyridine rings is 1. The van der Waals surface area contributed by atoms with Crippen LogP contribution in [-0.2, 0) is 0 Å². The van der Waals surface area contributed by atoms with Gasteiger partial charge in [0.15, 0.2) is 0 Å². The fourth-order valence-electron chi connectivity index (χ4n) is 1.94. The molecule has 0 saturated carbocycles. The van der Waals surface area contributed by atoms with Gasteiger partial charge in [-0.1, -0.05) is 17.3 Å². The van der Waals surface area contributed by atoms with Gasteiger partial charge in [-0.3, -0.25) is 10.1 Å². The number of hydrogen-bond donors (Lipinski definition) is 1. The third-order valence-corrected chi connectivity index (χ3v) is 2.85. The Kier molecular flexibility index (Phi) is 2.79. The average molecular weight is 270 g/mol. The second-order valence-electron chi connectivity index (χ2n) is 4.31. The standard InChI is InChI=1S/C13H10N4O3/c1-8-3-2-4-9(5-8)16-13-10-6-15-20-12(10)11(7-14-13)17(18)19/h2-7H,1H3,(H,14,16). The molecule has 100 valence electrons. The van der Waals surface area contributed by atoms with Crippen LogP contribution >= 0.6 is 0 Å². The molecule has 1 N–H and O–H groups in total. The fourth-order valence-corrected chi connectivity index (χ4v) is 1.94. The van der Waals surface area contributed by atoms with E-state index in [1.807, 2.05) is 31.2 Å². The summed E-state index contributed by atoms with van der Waals surface area (Å²) in [5, 5.41) is 18.1. The molecule has 20 heavy (non-hydrogen) atoms. The molecule has 0 radical (unpaired) electrons. The molecular formula is C13H10N4O3. The van der Waals surface area contributed by atoms with Crippen LogP contribution < -0.4 is 5.32 Å². The molecule has 3 aromatic rings. The number of aromatic nitrogens is 2. The first-order chi connectivity index (χ1) is 9.65. The summed E-state index contributed by atoms with van der Waals surface area (Å²) < 4.78 is 4.94. The Hall–Kier alpha value is -2.96. The molecular weight excluding hydrogens is 260 g/mol. The molecule has 0 atom stereocenters. The van der Waals surface area contributed by atoms with Gasteiger partial charge in [0.1, 0.15) is 12.0 Å². The predicted molar refractivity (Wildman–Crippen MR) is 72.9 cm³/mol. The van der Waals surface area contributed by atoms with Crippen LogP contribution in [0, 0.1) is 17.0 Å². The van der Waals surface area contributed by atoms with Crippen molar-refractivity contribution < 1.29 is 9.45 Å². The summed E-state index contributed by atoms with van der Waals surface area (Å²) in [4.78, 5) is 14.4. The number of rotatable bonds is 3. The van der Waals surface area contributed by atoms with E-state index < -0.39 is 4.92 Å². The van der Waals surface area contributed by atoms with Gasteiger partial charge in [-0.05, 0) is 24.6 Å². The van der Waals surface area contributed by atoms with Crippen molar-refractivity contribution in [2.24, 2.45) is 0 Å². The Morgan fingerprint density at radius 3 is 2.95 bits per heavy atom. The van der Waals surface area contributed by atoms with Gasteiger partial charge < -0.3 is 9.84 Å². The molecule has 7 heteroatoms. The van der Waals surface area contributed by atoms with E-state index in [-0.39, 0.29) is 11.3 Å². The van der Waals surface area contributed by atoms with Crippen LogP contribution in [0.15, 0.2) is 41.2 Å². The molecule has 0 aliphatic heterocycles. The van der Waals surface area contributed by atoms with E-state index in [0.717, 1.165) is 17.4 Å². The zero-order valence-electron chi connectivity index (χ0n) is 10.5. The molecule has 0 saturated heterocycles. The Balaban J connectivity index is 2.07. The fraction of sp³-hybridized carbons (Fsp3) is 0.0769. The topological polar surface area (TPSA) is 94.1 Å². The number of aryl methyl sites for hydroxylation is 1. The minimum atomic E-state index is -0.545. The number of anilines is 2. The molecule has 0 fully saturated rings. The molecule has 0 spiro atoms. The Morgan fingerprint density at radius 2 is 2.20 bits per heavy atom. The van der Waals surface area contributed by atoms with E-state index in [1.165, 1.54) is 6.20 Å². The van der Waals surface area contributed by atoms with Crippen molar-refractivity contribution in [3.8, 4) is 0 Å². The second kappa shape index (κ2) is 4.61. The lowest BCUT2D eigenvalue weighted by atomic mass is 10.2. The van der Waals surface area contributed by atoms with E-state index in [2.05, 4.69) is 15.5 Å². The summed E-state index contributed by atoms with van der Waals surface area (Å²) in [6, 6.07) is 7.72. The predicted octanol–water partition coefficient (Wildman–Crippen LogP) is 3.18. The van der Waals surface area contributed by atoms with E-state index in [9.17, 15) is 10.1 Å². The first kappa shape index (κ1) is 12.1. The summed E-state index contributed by atoms with van der Waals surface area (Å²) in [5.74, 6) is 0.470. The second-order valence-corrected chi connectivity index (χ2v) is 4.31. The normalized spacial score (nSPS) is 10.7. The number of hydrogen-bond acceptors (Lipinski definition) is 6. The van der Waals surface area contributed by atoms with Crippen LogP contribution in [0.3, 0.4) is 0 Å². The van der Waals surface area contributed by atoms with Crippen molar-refractivity contribution in [3.05, 3.63) is 52.3 Å². The maximum absolute atomic E-state index is 10.9. The monoisotopic (exact) mass is 270 g/mol. The molecule has 0 amide bonds. The maximum atomic E-state index is 10.9. The Bertz CT molecular complexity index is 797. The van der Waals surface area contributed by atoms with Crippen LogP contribution in [0.1, 0.15) is 5.56 Å². The molecule has 2 heterocycles. The van der Waals surface area contributed by atoms with Gasteiger partial charge in [-0.15, -0.1) is 0 Å². The van der Waals surface area contributed by atoms with Gasteiger partial charge in [-0.2, -0.15) is 0 Å². The van der Waals surface area contributed by atoms with Crippen LogP contribution in [0.5, 0.6) is 0 Å². The van der Waals surface area contributed by atoms with Gasteiger partial charge in [0.05, 0.1) is 16.5 Å². The summed E-state index contributed by atoms with van der Waals surface area (Å²) in [6.07, 6.45) is 2.57. The summed E-state index contributed by atoms with van der Waals surface area (Å²) in [5.41, 5.74) is 1.85. The van der Waals surface area contributed by atoms with Crippen molar-refractivity contribution in [3.63, 3.8) is 0 Å². The highest BCUT2D eigenvalue weighted by molar-refractivity contribution is 5.94. The molecule has 2 aromatic heterocycles. The molecule has 7 nitrogen and oxygen atoms in total. The first-order valence-electron chi connectivity index (χ1n) is 5.86. The Labute approximate surface area is 113 Å². The highest BCUT2D eigenvalue weighted by Crippen LogP contribution is 2.30. The third kappa shape index (κ3) is 2.05. The molecule has 3 rings (SSSR count). The lowest BCUT2D eigenvalue weighted by Crippen LogP contribution is -1.96. The first-order valence-corrected chi connectivity index (χ1v) is 5.86. The summed E-state index contributed by atoms with van der Waals surface area (Å²) in [7, 11) is 0. The van der Waals surface area contributed by atoms with Crippen LogP contribution in [0.2, 0.25) is 0 Å². The van der Waals surface area contributed by atoms with Crippen LogP contribution in [0.25, 0.3) is 11.0 Å². The number of nitrogens with one attached hydrogen (secondary N) is 1. The van der Waals surface area contributed by atoms with E-state index >= 15 is 0 Å². The van der Waals surface area contributed by atoms with E-state index in [1.54, 1.807) is 0 Å². The van der Waals surface area contributed by atoms with E-state index in [0.29, 0.717) is 11.2 Å².